The Morgan fingerprint density at radius 1 is 1.21 bits per heavy atom. The highest BCUT2D eigenvalue weighted by Gasteiger charge is 2.16. The Morgan fingerprint density at radius 3 is 2.68 bits per heavy atom. The maximum Gasteiger partial charge on any atom is 0.268 e. The first-order valence-corrected chi connectivity index (χ1v) is 12.3. The number of nitriles is 1. The average Bonchev–Trinajstić information content (AvgIpc) is 2.87. The Hall–Kier alpha value is -4.48. The zero-order valence-electron chi connectivity index (χ0n) is 21.6. The van der Waals surface area contributed by atoms with E-state index < -0.39 is 5.56 Å². The quantitative estimate of drug-likeness (QED) is 0.317. The molecule has 0 aliphatic carbocycles. The minimum absolute atomic E-state index is 0.0620. The van der Waals surface area contributed by atoms with Gasteiger partial charge in [-0.3, -0.25) is 14.8 Å². The molecule has 0 aliphatic rings. The van der Waals surface area contributed by atoms with E-state index in [1.165, 1.54) is 10.6 Å². The summed E-state index contributed by atoms with van der Waals surface area (Å²) in [5, 5.41) is 10.7. The van der Waals surface area contributed by atoms with Gasteiger partial charge in [0, 0.05) is 51.0 Å². The van der Waals surface area contributed by atoms with Crippen molar-refractivity contribution in [3.05, 3.63) is 97.8 Å². The van der Waals surface area contributed by atoms with Crippen molar-refractivity contribution in [2.24, 2.45) is 4.99 Å². The van der Waals surface area contributed by atoms with Gasteiger partial charge in [-0.1, -0.05) is 23.7 Å². The number of halogens is 1. The Morgan fingerprint density at radius 2 is 1.97 bits per heavy atom. The number of aryl methyl sites for hydroxylation is 2. The molecule has 0 amide bonds. The lowest BCUT2D eigenvalue weighted by Gasteiger charge is -2.17. The normalized spacial score (nSPS) is 12.0. The van der Waals surface area contributed by atoms with Gasteiger partial charge in [-0.05, 0) is 58.0 Å². The number of pyridine rings is 3. The molecule has 0 saturated carbocycles. The molecule has 0 saturated heterocycles. The number of nitrogen functional groups attached to an aromatic ring is 1. The number of ether oxygens (including phenoxy) is 1. The summed E-state index contributed by atoms with van der Waals surface area (Å²) in [5.41, 5.74) is 11.5. The molecule has 192 valence electrons. The topological polar surface area (TPSA) is 119 Å². The second-order valence-corrected chi connectivity index (χ2v) is 9.33. The van der Waals surface area contributed by atoms with Crippen LogP contribution in [0.4, 0.5) is 5.69 Å². The van der Waals surface area contributed by atoms with Crippen LogP contribution in [0.5, 0.6) is 5.75 Å². The molecule has 0 aliphatic heterocycles. The first kappa shape index (κ1) is 26.6. The molecular weight excluding hydrogens is 500 g/mol. The van der Waals surface area contributed by atoms with Crippen molar-refractivity contribution in [2.45, 2.75) is 40.8 Å². The van der Waals surface area contributed by atoms with Crippen molar-refractivity contribution in [2.75, 3.05) is 5.73 Å². The predicted octanol–water partition coefficient (Wildman–Crippen LogP) is 5.51. The molecule has 38 heavy (non-hydrogen) atoms. The van der Waals surface area contributed by atoms with Gasteiger partial charge in [-0.15, -0.1) is 0 Å². The summed E-state index contributed by atoms with van der Waals surface area (Å²) < 4.78 is 7.72. The average molecular weight is 527 g/mol. The lowest BCUT2D eigenvalue weighted by atomic mass is 10.0. The Kier molecular flexibility index (Phi) is 7.89. The number of para-hydroxylation sites is 1. The number of benzene rings is 1. The van der Waals surface area contributed by atoms with Gasteiger partial charge in [0.05, 0.1) is 17.9 Å². The first-order chi connectivity index (χ1) is 18.2. The summed E-state index contributed by atoms with van der Waals surface area (Å²) in [5.74, 6) is 0.564. The highest BCUT2D eigenvalue weighted by atomic mass is 35.5. The van der Waals surface area contributed by atoms with Gasteiger partial charge >= 0.3 is 0 Å². The summed E-state index contributed by atoms with van der Waals surface area (Å²) in [6.45, 7) is 7.64. The number of fused-ring (bicyclic) bond motifs is 1. The van der Waals surface area contributed by atoms with Crippen LogP contribution in [-0.4, -0.2) is 20.7 Å². The van der Waals surface area contributed by atoms with Gasteiger partial charge < -0.3 is 15.0 Å². The maximum absolute atomic E-state index is 12.6. The number of nitrogens with zero attached hydrogens (tertiary/aromatic N) is 5. The fourth-order valence-electron chi connectivity index (χ4n) is 4.28. The maximum atomic E-state index is 12.6. The third-order valence-corrected chi connectivity index (χ3v) is 6.15. The van der Waals surface area contributed by atoms with Crippen molar-refractivity contribution < 1.29 is 4.74 Å². The van der Waals surface area contributed by atoms with E-state index in [1.807, 2.05) is 51.1 Å². The third kappa shape index (κ3) is 5.43. The fraction of sp³-hybridized carbons (Fsp3) is 0.207. The standard InChI is InChI=1S/C29H27ClN6O2/c1-5-33-27(19(4)30)22-12-17(2)35-28-21(22)9-6-10-26(28)38-16-23-24(32)13-18(3)34-25(23)15-36-11-7-8-20(14-31)29(36)37/h5-13H,15-16H2,1-4H3,(H2,32,34)/b27-19+,33-5-. The molecular formula is C29H27ClN6O2. The first-order valence-electron chi connectivity index (χ1n) is 12.0. The number of hydrogen-bond donors (Lipinski definition) is 1. The number of aromatic nitrogens is 3. The van der Waals surface area contributed by atoms with E-state index in [-0.39, 0.29) is 18.7 Å². The van der Waals surface area contributed by atoms with Crippen LogP contribution in [0.1, 0.15) is 47.6 Å². The molecule has 8 nitrogen and oxygen atoms in total. The fourth-order valence-corrected chi connectivity index (χ4v) is 4.43. The lowest BCUT2D eigenvalue weighted by Crippen LogP contribution is -2.23. The minimum atomic E-state index is -0.391. The molecule has 9 heteroatoms. The number of hydrogen-bond acceptors (Lipinski definition) is 7. The lowest BCUT2D eigenvalue weighted by molar-refractivity contribution is 0.308. The van der Waals surface area contributed by atoms with Crippen LogP contribution in [0, 0.1) is 25.2 Å². The van der Waals surface area contributed by atoms with Crippen LogP contribution in [0.2, 0.25) is 0 Å². The number of aliphatic imine (C=N–C) groups is 1. The van der Waals surface area contributed by atoms with Crippen LogP contribution >= 0.6 is 11.6 Å². The van der Waals surface area contributed by atoms with Crippen LogP contribution in [0.25, 0.3) is 16.6 Å². The summed E-state index contributed by atoms with van der Waals surface area (Å²) in [4.78, 5) is 26.5. The molecule has 0 atom stereocenters. The molecule has 0 spiro atoms. The molecule has 2 N–H and O–H groups in total. The summed E-state index contributed by atoms with van der Waals surface area (Å²) in [7, 11) is 0. The highest BCUT2D eigenvalue weighted by Crippen LogP contribution is 2.34. The van der Waals surface area contributed by atoms with Gasteiger partial charge in [0.15, 0.2) is 0 Å². The summed E-state index contributed by atoms with van der Waals surface area (Å²) >= 11 is 6.39. The van der Waals surface area contributed by atoms with Crippen LogP contribution in [0.3, 0.4) is 0 Å². The van der Waals surface area contributed by atoms with E-state index in [0.29, 0.717) is 44.6 Å². The molecule has 0 fully saturated rings. The minimum Gasteiger partial charge on any atom is -0.486 e. The van der Waals surface area contributed by atoms with Crippen LogP contribution in [-0.2, 0) is 13.2 Å². The van der Waals surface area contributed by atoms with E-state index in [0.717, 1.165) is 16.6 Å². The molecule has 3 aromatic heterocycles. The van der Waals surface area contributed by atoms with Crippen LogP contribution < -0.4 is 16.0 Å². The second kappa shape index (κ2) is 11.3. The van der Waals surface area contributed by atoms with Crippen molar-refractivity contribution in [3.8, 4) is 11.8 Å². The second-order valence-electron chi connectivity index (χ2n) is 8.77. The van der Waals surface area contributed by atoms with E-state index in [1.54, 1.807) is 31.5 Å². The smallest absolute Gasteiger partial charge is 0.268 e. The van der Waals surface area contributed by atoms with E-state index in [2.05, 4.69) is 9.98 Å². The molecule has 0 radical (unpaired) electrons. The monoisotopic (exact) mass is 526 g/mol. The summed E-state index contributed by atoms with van der Waals surface area (Å²) in [6, 6.07) is 14.5. The number of anilines is 1. The number of rotatable bonds is 7. The molecule has 3 heterocycles. The van der Waals surface area contributed by atoms with Gasteiger partial charge in [0.25, 0.3) is 5.56 Å². The van der Waals surface area contributed by atoms with Gasteiger partial charge in [-0.2, -0.15) is 5.26 Å². The van der Waals surface area contributed by atoms with Crippen molar-refractivity contribution in [3.63, 3.8) is 0 Å². The largest absolute Gasteiger partial charge is 0.486 e. The number of allylic oxidation sites excluding steroid dienone is 1. The highest BCUT2D eigenvalue weighted by molar-refractivity contribution is 6.32. The third-order valence-electron chi connectivity index (χ3n) is 5.98. The Labute approximate surface area is 225 Å². The zero-order chi connectivity index (χ0) is 27.4. The van der Waals surface area contributed by atoms with Gasteiger partial charge in [0.2, 0.25) is 0 Å². The SMILES string of the molecule is C/C=N\C(=C(/C)Cl)c1cc(C)nc2c(OCc3c(N)cc(C)nc3Cn3cccc(C#N)c3=O)cccc12. The van der Waals surface area contributed by atoms with E-state index in [9.17, 15) is 10.1 Å². The van der Waals surface area contributed by atoms with Gasteiger partial charge in [0.1, 0.15) is 29.5 Å². The van der Waals surface area contributed by atoms with Crippen LogP contribution in [0.15, 0.2) is 63.5 Å². The van der Waals surface area contributed by atoms with E-state index >= 15 is 0 Å². The predicted molar refractivity (Wildman–Crippen MR) is 151 cm³/mol. The van der Waals surface area contributed by atoms with Gasteiger partial charge in [-0.25, -0.2) is 4.98 Å². The Balaban J connectivity index is 1.76. The molecule has 4 rings (SSSR count). The van der Waals surface area contributed by atoms with Crippen molar-refractivity contribution >= 4 is 40.1 Å². The van der Waals surface area contributed by atoms with Crippen molar-refractivity contribution in [1.82, 2.24) is 14.5 Å². The Bertz CT molecular complexity index is 1690. The molecule has 1 aromatic carbocycles. The summed E-state index contributed by atoms with van der Waals surface area (Å²) in [6.07, 6.45) is 3.32. The molecule has 4 aromatic rings. The van der Waals surface area contributed by atoms with E-state index in [4.69, 9.17) is 27.1 Å². The van der Waals surface area contributed by atoms with Crippen molar-refractivity contribution in [1.29, 1.82) is 5.26 Å². The molecule has 0 bridgehead atoms. The molecule has 0 unspecified atom stereocenters. The zero-order valence-corrected chi connectivity index (χ0v) is 22.4. The number of nitrogens with two attached hydrogens (primary N) is 1.